The van der Waals surface area contributed by atoms with E-state index in [0.29, 0.717) is 19.4 Å². The Kier molecular flexibility index (Phi) is 18.1. The summed E-state index contributed by atoms with van der Waals surface area (Å²) in [6.45, 7) is 5.23. The number of carboxylic acids is 1. The minimum atomic E-state index is -1.29. The van der Waals surface area contributed by atoms with Gasteiger partial charge < -0.3 is 31.9 Å². The van der Waals surface area contributed by atoms with E-state index < -0.39 is 47.9 Å². The summed E-state index contributed by atoms with van der Waals surface area (Å²) in [4.78, 5) is 48.6. The summed E-state index contributed by atoms with van der Waals surface area (Å²) < 4.78 is 0. The SMILES string of the molecule is CCCCCCC/C=C/C=C/C(=O)N[C@H](C(=O)N[C@@H](CCCCN)C(=O)N[C@@H](C)C(=O)O)[C@@H](C)O. The zero-order valence-electron chi connectivity index (χ0n) is 21.3. The molecule has 0 heterocycles. The Labute approximate surface area is 208 Å². The molecule has 0 saturated heterocycles. The molecule has 0 aliphatic carbocycles. The average molecular weight is 497 g/mol. The normalized spacial score (nSPS) is 14.9. The molecule has 35 heavy (non-hydrogen) atoms. The summed E-state index contributed by atoms with van der Waals surface area (Å²) in [6, 6.07) is -3.47. The predicted molar refractivity (Wildman–Crippen MR) is 135 cm³/mol. The fourth-order valence-corrected chi connectivity index (χ4v) is 3.19. The van der Waals surface area contributed by atoms with Crippen LogP contribution in [-0.4, -0.2) is 64.7 Å². The van der Waals surface area contributed by atoms with E-state index in [0.717, 1.165) is 12.8 Å². The summed E-state index contributed by atoms with van der Waals surface area (Å²) in [7, 11) is 0. The molecule has 0 unspecified atom stereocenters. The van der Waals surface area contributed by atoms with Gasteiger partial charge in [-0.15, -0.1) is 0 Å². The first-order valence-corrected chi connectivity index (χ1v) is 12.5. The lowest BCUT2D eigenvalue weighted by molar-refractivity contribution is -0.142. The van der Waals surface area contributed by atoms with E-state index in [9.17, 15) is 24.3 Å². The van der Waals surface area contributed by atoms with Crippen molar-refractivity contribution < 1.29 is 29.4 Å². The van der Waals surface area contributed by atoms with Gasteiger partial charge in [-0.05, 0) is 52.5 Å². The van der Waals surface area contributed by atoms with Crippen molar-refractivity contribution in [2.24, 2.45) is 5.73 Å². The lowest BCUT2D eigenvalue weighted by atomic mass is 10.1. The number of allylic oxidation sites excluding steroid dienone is 3. The van der Waals surface area contributed by atoms with E-state index in [1.807, 2.05) is 6.08 Å². The maximum Gasteiger partial charge on any atom is 0.325 e. The van der Waals surface area contributed by atoms with Gasteiger partial charge in [-0.1, -0.05) is 50.8 Å². The van der Waals surface area contributed by atoms with Gasteiger partial charge in [0.2, 0.25) is 17.7 Å². The van der Waals surface area contributed by atoms with Crippen molar-refractivity contribution in [2.75, 3.05) is 6.54 Å². The van der Waals surface area contributed by atoms with E-state index in [2.05, 4.69) is 22.9 Å². The second-order valence-electron chi connectivity index (χ2n) is 8.63. The van der Waals surface area contributed by atoms with Crippen LogP contribution in [0.25, 0.3) is 0 Å². The highest BCUT2D eigenvalue weighted by Gasteiger charge is 2.30. The molecule has 0 aliphatic heterocycles. The van der Waals surface area contributed by atoms with Gasteiger partial charge >= 0.3 is 5.97 Å². The van der Waals surface area contributed by atoms with Gasteiger partial charge in [-0.2, -0.15) is 0 Å². The Balaban J connectivity index is 4.94. The van der Waals surface area contributed by atoms with Crippen molar-refractivity contribution in [2.45, 2.75) is 103 Å². The molecule has 7 N–H and O–H groups in total. The number of aliphatic hydroxyl groups is 1. The van der Waals surface area contributed by atoms with Crippen LogP contribution in [0.2, 0.25) is 0 Å². The van der Waals surface area contributed by atoms with Crippen LogP contribution >= 0.6 is 0 Å². The van der Waals surface area contributed by atoms with Crippen LogP contribution in [0.5, 0.6) is 0 Å². The number of rotatable bonds is 19. The first kappa shape index (κ1) is 32.3. The van der Waals surface area contributed by atoms with Crippen LogP contribution < -0.4 is 21.7 Å². The van der Waals surface area contributed by atoms with E-state index in [-0.39, 0.29) is 6.42 Å². The molecule has 0 aromatic heterocycles. The number of amides is 3. The number of aliphatic carboxylic acids is 1. The third-order valence-corrected chi connectivity index (χ3v) is 5.34. The zero-order valence-corrected chi connectivity index (χ0v) is 21.3. The molecule has 0 rings (SSSR count). The number of carboxylic acid groups (broad SMARTS) is 1. The molecule has 0 saturated carbocycles. The molecular formula is C25H44N4O6. The number of aliphatic hydroxyl groups excluding tert-OH is 1. The summed E-state index contributed by atoms with van der Waals surface area (Å²) >= 11 is 0. The zero-order chi connectivity index (χ0) is 26.6. The highest BCUT2D eigenvalue weighted by molar-refractivity contribution is 5.95. The maximum absolute atomic E-state index is 12.8. The van der Waals surface area contributed by atoms with E-state index >= 15 is 0 Å². The fraction of sp³-hybridized carbons (Fsp3) is 0.680. The third-order valence-electron chi connectivity index (χ3n) is 5.34. The van der Waals surface area contributed by atoms with Crippen LogP contribution in [0.15, 0.2) is 24.3 Å². The minimum absolute atomic E-state index is 0.227. The molecule has 0 fully saturated rings. The molecule has 0 aliphatic rings. The molecule has 0 radical (unpaired) electrons. The number of carbonyl (C=O) groups excluding carboxylic acids is 3. The second kappa shape index (κ2) is 19.6. The summed E-state index contributed by atoms with van der Waals surface area (Å²) in [5, 5.41) is 26.3. The van der Waals surface area contributed by atoms with Gasteiger partial charge in [-0.25, -0.2) is 0 Å². The van der Waals surface area contributed by atoms with Crippen LogP contribution in [0.4, 0.5) is 0 Å². The Bertz CT molecular complexity index is 708. The third kappa shape index (κ3) is 15.7. The summed E-state index contributed by atoms with van der Waals surface area (Å²) in [5.74, 6) is -3.19. The summed E-state index contributed by atoms with van der Waals surface area (Å²) in [5.41, 5.74) is 5.49. The molecule has 10 heteroatoms. The number of unbranched alkanes of at least 4 members (excludes halogenated alkanes) is 6. The topological polar surface area (TPSA) is 171 Å². The molecule has 3 amide bonds. The Morgan fingerprint density at radius 3 is 2.17 bits per heavy atom. The number of carbonyl (C=O) groups is 4. The second-order valence-corrected chi connectivity index (χ2v) is 8.63. The highest BCUT2D eigenvalue weighted by atomic mass is 16.4. The van der Waals surface area contributed by atoms with E-state index in [1.54, 1.807) is 12.2 Å². The molecule has 0 aromatic rings. The van der Waals surface area contributed by atoms with Gasteiger partial charge in [-0.3, -0.25) is 19.2 Å². The van der Waals surface area contributed by atoms with E-state index in [4.69, 9.17) is 10.8 Å². The van der Waals surface area contributed by atoms with Gasteiger partial charge in [0.05, 0.1) is 6.10 Å². The number of hydrogen-bond donors (Lipinski definition) is 6. The Hall–Kier alpha value is -2.72. The largest absolute Gasteiger partial charge is 0.480 e. The Morgan fingerprint density at radius 1 is 0.886 bits per heavy atom. The number of hydrogen-bond acceptors (Lipinski definition) is 6. The summed E-state index contributed by atoms with van der Waals surface area (Å²) in [6.07, 6.45) is 13.5. The molecule has 200 valence electrons. The first-order valence-electron chi connectivity index (χ1n) is 12.5. The Morgan fingerprint density at radius 2 is 1.57 bits per heavy atom. The van der Waals surface area contributed by atoms with Crippen LogP contribution in [0, 0.1) is 0 Å². The fourth-order valence-electron chi connectivity index (χ4n) is 3.19. The molecule has 4 atom stereocenters. The maximum atomic E-state index is 12.8. The minimum Gasteiger partial charge on any atom is -0.480 e. The highest BCUT2D eigenvalue weighted by Crippen LogP contribution is 2.06. The van der Waals surface area contributed by atoms with Crippen LogP contribution in [0.1, 0.15) is 78.6 Å². The van der Waals surface area contributed by atoms with Gasteiger partial charge in [0.25, 0.3) is 0 Å². The van der Waals surface area contributed by atoms with Gasteiger partial charge in [0.1, 0.15) is 18.1 Å². The molecule has 0 bridgehead atoms. The average Bonchev–Trinajstić information content (AvgIpc) is 2.80. The van der Waals surface area contributed by atoms with Crippen molar-refractivity contribution in [3.05, 3.63) is 24.3 Å². The standard InChI is InChI=1S/C25H44N4O6/c1-4-5-6-7-8-9-10-11-12-16-21(31)29-22(19(3)30)24(33)28-20(15-13-14-17-26)23(32)27-18(2)25(34)35/h10-12,16,18-20,22,30H,4-9,13-15,17,26H2,1-3H3,(H,27,32)(H,28,33)(H,29,31)(H,34,35)/b11-10+,16-12+/t18-,19+,20-,22-/m0/s1. The lowest BCUT2D eigenvalue weighted by Crippen LogP contribution is -2.57. The number of nitrogens with two attached hydrogens (primary N) is 1. The van der Waals surface area contributed by atoms with Crippen LogP contribution in [-0.2, 0) is 19.2 Å². The first-order chi connectivity index (χ1) is 16.6. The number of nitrogens with one attached hydrogen (secondary N) is 3. The molecule has 0 spiro atoms. The van der Waals surface area contributed by atoms with Gasteiger partial charge in [0.15, 0.2) is 0 Å². The molecular weight excluding hydrogens is 452 g/mol. The van der Waals surface area contributed by atoms with Crippen molar-refractivity contribution >= 4 is 23.7 Å². The van der Waals surface area contributed by atoms with Crippen molar-refractivity contribution in [3.63, 3.8) is 0 Å². The van der Waals surface area contributed by atoms with Crippen molar-refractivity contribution in [1.82, 2.24) is 16.0 Å². The van der Waals surface area contributed by atoms with Gasteiger partial charge in [0, 0.05) is 6.08 Å². The predicted octanol–water partition coefficient (Wildman–Crippen LogP) is 1.53. The monoisotopic (exact) mass is 496 g/mol. The lowest BCUT2D eigenvalue weighted by Gasteiger charge is -2.25. The van der Waals surface area contributed by atoms with Crippen molar-refractivity contribution in [1.29, 1.82) is 0 Å². The molecule has 0 aromatic carbocycles. The quantitative estimate of drug-likeness (QED) is 0.0894. The smallest absolute Gasteiger partial charge is 0.325 e. The van der Waals surface area contributed by atoms with Crippen molar-refractivity contribution in [3.8, 4) is 0 Å². The molecule has 10 nitrogen and oxygen atoms in total. The van der Waals surface area contributed by atoms with E-state index in [1.165, 1.54) is 45.6 Å². The van der Waals surface area contributed by atoms with Crippen LogP contribution in [0.3, 0.4) is 0 Å².